The highest BCUT2D eigenvalue weighted by molar-refractivity contribution is 14.1. The maximum absolute atomic E-state index is 11.6. The van der Waals surface area contributed by atoms with Crippen molar-refractivity contribution in [3.63, 3.8) is 0 Å². The van der Waals surface area contributed by atoms with E-state index in [9.17, 15) is 4.79 Å². The van der Waals surface area contributed by atoms with Crippen LogP contribution in [0.25, 0.3) is 0 Å². The first-order chi connectivity index (χ1) is 7.72. The Balaban J connectivity index is 2.29. The van der Waals surface area contributed by atoms with Gasteiger partial charge in [0.25, 0.3) is 0 Å². The fourth-order valence-corrected chi connectivity index (χ4v) is 2.06. The zero-order valence-corrected chi connectivity index (χ0v) is 11.8. The number of halogens is 1. The minimum absolute atomic E-state index is 0.124. The molecule has 1 aromatic rings. The van der Waals surface area contributed by atoms with Crippen LogP contribution in [0.15, 0.2) is 24.3 Å². The zero-order valence-electron chi connectivity index (χ0n) is 9.63. The van der Waals surface area contributed by atoms with E-state index in [-0.39, 0.29) is 5.91 Å². The minimum Gasteiger partial charge on any atom is -0.356 e. The van der Waals surface area contributed by atoms with Crippen molar-refractivity contribution in [3.05, 3.63) is 35.4 Å². The Kier molecular flexibility index (Phi) is 6.45. The highest BCUT2D eigenvalue weighted by atomic mass is 127. The number of hydrogen-bond donors (Lipinski definition) is 1. The topological polar surface area (TPSA) is 29.1 Å². The number of carbonyl (C=O) groups excluding carboxylic acids is 1. The molecule has 0 atom stereocenters. The van der Waals surface area contributed by atoms with E-state index in [1.807, 2.05) is 25.1 Å². The van der Waals surface area contributed by atoms with E-state index in [0.29, 0.717) is 6.42 Å². The van der Waals surface area contributed by atoms with Gasteiger partial charge < -0.3 is 5.32 Å². The van der Waals surface area contributed by atoms with Crippen LogP contribution in [0.3, 0.4) is 0 Å². The summed E-state index contributed by atoms with van der Waals surface area (Å²) in [7, 11) is 0. The van der Waals surface area contributed by atoms with Gasteiger partial charge in [0.15, 0.2) is 0 Å². The van der Waals surface area contributed by atoms with Crippen molar-refractivity contribution in [1.29, 1.82) is 0 Å². The maximum Gasteiger partial charge on any atom is 0.224 e. The Labute approximate surface area is 111 Å². The fourth-order valence-electron chi connectivity index (χ4n) is 1.52. The number of hydrogen-bond acceptors (Lipinski definition) is 1. The molecule has 3 heteroatoms. The Morgan fingerprint density at radius 2 is 2.19 bits per heavy atom. The quantitative estimate of drug-likeness (QED) is 0.485. The predicted molar refractivity (Wildman–Crippen MR) is 76.0 cm³/mol. The number of rotatable bonds is 6. The molecule has 88 valence electrons. The normalized spacial score (nSPS) is 10.1. The molecule has 0 aromatic heterocycles. The average Bonchev–Trinajstić information content (AvgIpc) is 2.24. The summed E-state index contributed by atoms with van der Waals surface area (Å²) in [6, 6.07) is 8.09. The third-order valence-corrected chi connectivity index (χ3v) is 3.09. The van der Waals surface area contributed by atoms with E-state index in [1.165, 1.54) is 12.0 Å². The van der Waals surface area contributed by atoms with E-state index in [2.05, 4.69) is 34.0 Å². The number of aryl methyl sites for hydroxylation is 1. The molecule has 0 bridgehead atoms. The van der Waals surface area contributed by atoms with Gasteiger partial charge in [0.2, 0.25) is 5.91 Å². The first kappa shape index (κ1) is 13.5. The summed E-state index contributed by atoms with van der Waals surface area (Å²) in [5.41, 5.74) is 2.29. The van der Waals surface area contributed by atoms with E-state index in [0.717, 1.165) is 23.0 Å². The number of alkyl halides is 1. The van der Waals surface area contributed by atoms with Gasteiger partial charge in [0.1, 0.15) is 0 Å². The second-order valence-electron chi connectivity index (χ2n) is 3.91. The molecule has 0 spiro atoms. The second-order valence-corrected chi connectivity index (χ2v) is 4.99. The zero-order chi connectivity index (χ0) is 11.8. The molecule has 0 radical (unpaired) electrons. The number of carbonyl (C=O) groups is 1. The molecular formula is C13H18INO. The number of benzene rings is 1. The van der Waals surface area contributed by atoms with Gasteiger partial charge in [-0.05, 0) is 29.8 Å². The molecule has 0 aliphatic carbocycles. The van der Waals surface area contributed by atoms with Crippen LogP contribution in [0.5, 0.6) is 0 Å². The Morgan fingerprint density at radius 3 is 2.88 bits per heavy atom. The van der Waals surface area contributed by atoms with Crippen LogP contribution >= 0.6 is 22.6 Å². The van der Waals surface area contributed by atoms with Gasteiger partial charge in [0.05, 0.1) is 6.42 Å². The SMILES string of the molecule is Cc1cccc(CC(=O)NCCCCI)c1. The van der Waals surface area contributed by atoms with Crippen molar-refractivity contribution in [1.82, 2.24) is 5.32 Å². The monoisotopic (exact) mass is 331 g/mol. The highest BCUT2D eigenvalue weighted by Crippen LogP contribution is 2.04. The molecule has 1 aromatic carbocycles. The summed E-state index contributed by atoms with van der Waals surface area (Å²) < 4.78 is 1.16. The molecule has 1 amide bonds. The molecular weight excluding hydrogens is 313 g/mol. The predicted octanol–water partition coefficient (Wildman–Crippen LogP) is 2.87. The van der Waals surface area contributed by atoms with Gasteiger partial charge >= 0.3 is 0 Å². The summed E-state index contributed by atoms with van der Waals surface area (Å²) in [6.07, 6.45) is 2.74. The largest absolute Gasteiger partial charge is 0.356 e. The van der Waals surface area contributed by atoms with Crippen LogP contribution in [0.4, 0.5) is 0 Å². The molecule has 0 unspecified atom stereocenters. The second kappa shape index (κ2) is 7.65. The van der Waals surface area contributed by atoms with E-state index < -0.39 is 0 Å². The lowest BCUT2D eigenvalue weighted by molar-refractivity contribution is -0.120. The Bertz CT molecular complexity index is 338. The highest BCUT2D eigenvalue weighted by Gasteiger charge is 2.02. The lowest BCUT2D eigenvalue weighted by Gasteiger charge is -2.05. The van der Waals surface area contributed by atoms with Crippen LogP contribution in [-0.4, -0.2) is 16.9 Å². The van der Waals surface area contributed by atoms with Crippen LogP contribution in [0.1, 0.15) is 24.0 Å². The molecule has 2 nitrogen and oxygen atoms in total. The number of amides is 1. The van der Waals surface area contributed by atoms with Crippen LogP contribution in [-0.2, 0) is 11.2 Å². The molecule has 0 saturated carbocycles. The number of unbranched alkanes of at least 4 members (excludes halogenated alkanes) is 1. The van der Waals surface area contributed by atoms with Gasteiger partial charge in [-0.1, -0.05) is 52.4 Å². The molecule has 1 rings (SSSR count). The van der Waals surface area contributed by atoms with Crippen molar-refractivity contribution < 1.29 is 4.79 Å². The number of nitrogens with one attached hydrogen (secondary N) is 1. The Hall–Kier alpha value is -0.580. The minimum atomic E-state index is 0.124. The average molecular weight is 331 g/mol. The first-order valence-corrected chi connectivity index (χ1v) is 7.13. The van der Waals surface area contributed by atoms with E-state index >= 15 is 0 Å². The summed E-state index contributed by atoms with van der Waals surface area (Å²) in [6.45, 7) is 2.84. The Morgan fingerprint density at radius 1 is 1.38 bits per heavy atom. The van der Waals surface area contributed by atoms with Gasteiger partial charge in [-0.2, -0.15) is 0 Å². The van der Waals surface area contributed by atoms with Crippen LogP contribution < -0.4 is 5.32 Å². The smallest absolute Gasteiger partial charge is 0.224 e. The summed E-state index contributed by atoms with van der Waals surface area (Å²) >= 11 is 2.35. The first-order valence-electron chi connectivity index (χ1n) is 5.60. The molecule has 1 N–H and O–H groups in total. The standard InChI is InChI=1S/C13H18INO/c1-11-5-4-6-12(9-11)10-13(16)15-8-3-2-7-14/h4-6,9H,2-3,7-8,10H2,1H3,(H,15,16). The van der Waals surface area contributed by atoms with E-state index in [1.54, 1.807) is 0 Å². The summed E-state index contributed by atoms with van der Waals surface area (Å²) in [5.74, 6) is 0.124. The molecule has 0 aliphatic rings. The van der Waals surface area contributed by atoms with Gasteiger partial charge in [-0.25, -0.2) is 0 Å². The molecule has 0 saturated heterocycles. The van der Waals surface area contributed by atoms with Crippen molar-refractivity contribution in [3.8, 4) is 0 Å². The van der Waals surface area contributed by atoms with Crippen LogP contribution in [0, 0.1) is 6.92 Å². The maximum atomic E-state index is 11.6. The lowest BCUT2D eigenvalue weighted by atomic mass is 10.1. The summed E-state index contributed by atoms with van der Waals surface area (Å²) in [4.78, 5) is 11.6. The van der Waals surface area contributed by atoms with Crippen LogP contribution in [0.2, 0.25) is 0 Å². The van der Waals surface area contributed by atoms with E-state index in [4.69, 9.17) is 0 Å². The summed E-state index contributed by atoms with van der Waals surface area (Å²) in [5, 5.41) is 2.94. The fraction of sp³-hybridized carbons (Fsp3) is 0.462. The lowest BCUT2D eigenvalue weighted by Crippen LogP contribution is -2.26. The van der Waals surface area contributed by atoms with Crippen molar-refractivity contribution >= 4 is 28.5 Å². The third-order valence-electron chi connectivity index (χ3n) is 2.33. The molecule has 0 aliphatic heterocycles. The molecule has 16 heavy (non-hydrogen) atoms. The van der Waals surface area contributed by atoms with Gasteiger partial charge in [0, 0.05) is 6.54 Å². The van der Waals surface area contributed by atoms with Crippen molar-refractivity contribution in [2.75, 3.05) is 11.0 Å². The van der Waals surface area contributed by atoms with Crippen molar-refractivity contribution in [2.24, 2.45) is 0 Å². The molecule has 0 fully saturated rings. The molecule has 0 heterocycles. The van der Waals surface area contributed by atoms with Crippen molar-refractivity contribution in [2.45, 2.75) is 26.2 Å². The van der Waals surface area contributed by atoms with Gasteiger partial charge in [-0.3, -0.25) is 4.79 Å². The third kappa shape index (κ3) is 5.49. The van der Waals surface area contributed by atoms with Gasteiger partial charge in [-0.15, -0.1) is 0 Å².